The molecule has 21 heavy (non-hydrogen) atoms. The number of benzene rings is 1. The molecule has 0 aliphatic heterocycles. The van der Waals surface area contributed by atoms with Crippen molar-refractivity contribution in [1.82, 2.24) is 10.6 Å². The van der Waals surface area contributed by atoms with E-state index in [0.717, 1.165) is 0 Å². The van der Waals surface area contributed by atoms with Crippen molar-refractivity contribution >= 4 is 30.7 Å². The zero-order chi connectivity index (χ0) is 14.5. The number of hydrogen-bond acceptors (Lipinski definition) is 3. The van der Waals surface area contributed by atoms with Crippen molar-refractivity contribution in [2.45, 2.75) is 45.3 Å². The van der Waals surface area contributed by atoms with Gasteiger partial charge in [-0.25, -0.2) is 0 Å². The van der Waals surface area contributed by atoms with Gasteiger partial charge in [-0.1, -0.05) is 30.3 Å². The molecule has 0 fully saturated rings. The van der Waals surface area contributed by atoms with Crippen LogP contribution in [0.3, 0.4) is 0 Å². The second-order valence-electron chi connectivity index (χ2n) is 5.67. The Bertz CT molecular complexity index is 411. The largest absolute Gasteiger partial charge is 0.353 e. The Morgan fingerprint density at radius 2 is 1.71 bits per heavy atom. The Labute approximate surface area is 140 Å². The zero-order valence-corrected chi connectivity index (χ0v) is 14.7. The van der Waals surface area contributed by atoms with E-state index in [1.807, 2.05) is 18.2 Å². The highest BCUT2D eigenvalue weighted by atomic mass is 35.5. The monoisotopic (exact) mass is 335 g/mol. The van der Waals surface area contributed by atoms with E-state index in [-0.39, 0.29) is 42.3 Å². The summed E-state index contributed by atoms with van der Waals surface area (Å²) in [5.74, 6) is -0.123. The average molecular weight is 336 g/mol. The van der Waals surface area contributed by atoms with Crippen LogP contribution in [0.25, 0.3) is 0 Å². The molecule has 0 bridgehead atoms. The van der Waals surface area contributed by atoms with Crippen molar-refractivity contribution in [2.24, 2.45) is 5.73 Å². The van der Waals surface area contributed by atoms with Crippen molar-refractivity contribution in [2.75, 3.05) is 6.54 Å². The van der Waals surface area contributed by atoms with E-state index in [1.165, 1.54) is 5.56 Å². The molecule has 1 rings (SSSR count). The predicted molar refractivity (Wildman–Crippen MR) is 93.2 cm³/mol. The molecular weight excluding hydrogens is 309 g/mol. The topological polar surface area (TPSA) is 67.1 Å². The quantitative estimate of drug-likeness (QED) is 0.747. The maximum absolute atomic E-state index is 11.5. The second kappa shape index (κ2) is 10.0. The van der Waals surface area contributed by atoms with Crippen LogP contribution in [-0.4, -0.2) is 24.0 Å². The number of carbonyl (C=O) groups is 1. The van der Waals surface area contributed by atoms with Crippen molar-refractivity contribution in [3.8, 4) is 0 Å². The van der Waals surface area contributed by atoms with E-state index in [0.29, 0.717) is 6.54 Å². The maximum atomic E-state index is 11.5. The van der Waals surface area contributed by atoms with Crippen LogP contribution >= 0.6 is 24.8 Å². The van der Waals surface area contributed by atoms with Gasteiger partial charge in [-0.2, -0.15) is 0 Å². The van der Waals surface area contributed by atoms with Crippen LogP contribution in [0.5, 0.6) is 0 Å². The van der Waals surface area contributed by atoms with Gasteiger partial charge >= 0.3 is 0 Å². The second-order valence-corrected chi connectivity index (χ2v) is 5.67. The molecule has 122 valence electrons. The highest BCUT2D eigenvalue weighted by Crippen LogP contribution is 2.15. The van der Waals surface area contributed by atoms with Gasteiger partial charge in [0.1, 0.15) is 0 Å². The minimum absolute atomic E-state index is 0. The van der Waals surface area contributed by atoms with Crippen LogP contribution in [0, 0.1) is 0 Å². The first-order chi connectivity index (χ1) is 8.82. The summed E-state index contributed by atoms with van der Waals surface area (Å²) in [6.45, 7) is 8.47. The van der Waals surface area contributed by atoms with Crippen molar-refractivity contribution in [3.05, 3.63) is 35.9 Å². The molecule has 0 aliphatic rings. The Balaban J connectivity index is 0. The summed E-state index contributed by atoms with van der Waals surface area (Å²) in [7, 11) is 0. The number of amides is 1. The molecule has 0 saturated carbocycles. The van der Waals surface area contributed by atoms with Crippen molar-refractivity contribution in [3.63, 3.8) is 0 Å². The van der Waals surface area contributed by atoms with Gasteiger partial charge in [-0.05, 0) is 33.3 Å². The average Bonchev–Trinajstić information content (AvgIpc) is 2.36. The van der Waals surface area contributed by atoms with Gasteiger partial charge in [0.25, 0.3) is 0 Å². The molecule has 0 aromatic heterocycles. The SMILES string of the molecule is CC(NC(C)(C)CNC(=O)[C@@H](C)N)c1ccccc1.Cl.Cl. The van der Waals surface area contributed by atoms with Crippen molar-refractivity contribution < 1.29 is 4.79 Å². The summed E-state index contributed by atoms with van der Waals surface area (Å²) in [5.41, 5.74) is 6.56. The van der Waals surface area contributed by atoms with Gasteiger partial charge in [0.15, 0.2) is 0 Å². The first-order valence-corrected chi connectivity index (χ1v) is 6.68. The summed E-state index contributed by atoms with van der Waals surface area (Å²) in [4.78, 5) is 11.5. The molecule has 2 atom stereocenters. The van der Waals surface area contributed by atoms with Crippen LogP contribution in [0.1, 0.15) is 39.3 Å². The fraction of sp³-hybridized carbons (Fsp3) is 0.533. The zero-order valence-electron chi connectivity index (χ0n) is 13.1. The summed E-state index contributed by atoms with van der Waals surface area (Å²) in [6.07, 6.45) is 0. The predicted octanol–water partition coefficient (Wildman–Crippen LogP) is 2.42. The minimum Gasteiger partial charge on any atom is -0.353 e. The number of carbonyl (C=O) groups excluding carboxylic acids is 1. The summed E-state index contributed by atoms with van der Waals surface area (Å²) in [5, 5.41) is 6.36. The van der Waals surface area contributed by atoms with E-state index < -0.39 is 6.04 Å². The molecule has 1 aromatic carbocycles. The van der Waals surface area contributed by atoms with Gasteiger partial charge in [0, 0.05) is 18.1 Å². The fourth-order valence-electron chi connectivity index (χ4n) is 1.93. The highest BCUT2D eigenvalue weighted by molar-refractivity contribution is 5.85. The fourth-order valence-corrected chi connectivity index (χ4v) is 1.93. The Kier molecular flexibility index (Phi) is 10.7. The molecule has 0 aliphatic carbocycles. The summed E-state index contributed by atoms with van der Waals surface area (Å²) >= 11 is 0. The normalized spacial score (nSPS) is 13.4. The standard InChI is InChI=1S/C15H25N3O.2ClH/c1-11(16)14(19)17-10-15(3,4)18-12(2)13-8-6-5-7-9-13;;/h5-9,11-12,18H,10,16H2,1-4H3,(H,17,19);2*1H/t11-,12?;;/m1../s1. The van der Waals surface area contributed by atoms with Crippen LogP contribution < -0.4 is 16.4 Å². The molecular formula is C15H27Cl2N3O. The smallest absolute Gasteiger partial charge is 0.236 e. The van der Waals surface area contributed by atoms with Gasteiger partial charge < -0.3 is 16.4 Å². The maximum Gasteiger partial charge on any atom is 0.236 e. The molecule has 0 saturated heterocycles. The van der Waals surface area contributed by atoms with E-state index >= 15 is 0 Å². The van der Waals surface area contributed by atoms with E-state index in [2.05, 4.69) is 43.5 Å². The first kappa shape index (κ1) is 22.5. The number of nitrogens with two attached hydrogens (primary N) is 1. The molecule has 1 unspecified atom stereocenters. The molecule has 0 spiro atoms. The third-order valence-corrected chi connectivity index (χ3v) is 3.02. The van der Waals surface area contributed by atoms with Crippen LogP contribution in [0.4, 0.5) is 0 Å². The van der Waals surface area contributed by atoms with Crippen LogP contribution in [0.15, 0.2) is 30.3 Å². The van der Waals surface area contributed by atoms with E-state index in [4.69, 9.17) is 5.73 Å². The molecule has 4 N–H and O–H groups in total. The lowest BCUT2D eigenvalue weighted by atomic mass is 10.0. The first-order valence-electron chi connectivity index (χ1n) is 6.68. The minimum atomic E-state index is -0.470. The Hall–Kier alpha value is -0.810. The lowest BCUT2D eigenvalue weighted by Gasteiger charge is -2.31. The Morgan fingerprint density at radius 3 is 2.19 bits per heavy atom. The molecule has 0 heterocycles. The lowest BCUT2D eigenvalue weighted by molar-refractivity contribution is -0.122. The molecule has 1 amide bonds. The number of hydrogen-bond donors (Lipinski definition) is 3. The molecule has 1 aromatic rings. The summed E-state index contributed by atoms with van der Waals surface area (Å²) < 4.78 is 0. The van der Waals surface area contributed by atoms with Gasteiger partial charge in [0.05, 0.1) is 6.04 Å². The van der Waals surface area contributed by atoms with Gasteiger partial charge in [-0.3, -0.25) is 4.79 Å². The van der Waals surface area contributed by atoms with Gasteiger partial charge in [0.2, 0.25) is 5.91 Å². The highest BCUT2D eigenvalue weighted by Gasteiger charge is 2.22. The van der Waals surface area contributed by atoms with E-state index in [1.54, 1.807) is 6.92 Å². The van der Waals surface area contributed by atoms with Crippen LogP contribution in [0.2, 0.25) is 0 Å². The summed E-state index contributed by atoms with van der Waals surface area (Å²) in [6, 6.07) is 9.99. The number of nitrogens with one attached hydrogen (secondary N) is 2. The molecule has 4 nitrogen and oxygen atoms in total. The number of halogens is 2. The van der Waals surface area contributed by atoms with Gasteiger partial charge in [-0.15, -0.1) is 24.8 Å². The molecule has 0 radical (unpaired) electrons. The third-order valence-electron chi connectivity index (χ3n) is 3.02. The lowest BCUT2D eigenvalue weighted by Crippen LogP contribution is -2.52. The van der Waals surface area contributed by atoms with Crippen LogP contribution in [-0.2, 0) is 4.79 Å². The van der Waals surface area contributed by atoms with E-state index in [9.17, 15) is 4.79 Å². The Morgan fingerprint density at radius 1 is 1.19 bits per heavy atom. The molecule has 6 heteroatoms. The third kappa shape index (κ3) is 8.27. The van der Waals surface area contributed by atoms with Crippen molar-refractivity contribution in [1.29, 1.82) is 0 Å². The number of rotatable bonds is 6.